The summed E-state index contributed by atoms with van der Waals surface area (Å²) in [6, 6.07) is 1.96. The summed E-state index contributed by atoms with van der Waals surface area (Å²) in [6.07, 6.45) is 0. The minimum atomic E-state index is -1.72. The number of thiophene rings is 1. The van der Waals surface area contributed by atoms with Gasteiger partial charge >= 0.3 is 0 Å². The second-order valence-electron chi connectivity index (χ2n) is 1.89. The Hall–Kier alpha value is 0.787. The number of halogens is 3. The van der Waals surface area contributed by atoms with Crippen LogP contribution in [0, 0.1) is 6.92 Å². The average molecular weight is 232 g/mol. The van der Waals surface area contributed by atoms with Crippen LogP contribution in [-0.2, 0) is 0 Å². The number of aryl methyl sites for hydroxylation is 1. The van der Waals surface area contributed by atoms with Crippen LogP contribution in [0.15, 0.2) is 6.07 Å². The Balaban J connectivity index is 3.03. The van der Waals surface area contributed by atoms with E-state index in [1.165, 1.54) is 16.2 Å². The smallest absolute Gasteiger partial charge is 0.144 e. The molecule has 0 saturated carbocycles. The molecule has 0 bridgehead atoms. The van der Waals surface area contributed by atoms with Crippen LogP contribution in [0.1, 0.15) is 4.88 Å². The van der Waals surface area contributed by atoms with Crippen LogP contribution in [0.25, 0.3) is 0 Å². The Morgan fingerprint density at radius 1 is 1.50 bits per heavy atom. The van der Waals surface area contributed by atoms with Gasteiger partial charge in [-0.15, -0.1) is 33.5 Å². The third kappa shape index (κ3) is 1.89. The van der Waals surface area contributed by atoms with E-state index < -0.39 is 7.42 Å². The molecule has 0 amide bonds. The van der Waals surface area contributed by atoms with Crippen molar-refractivity contribution in [3.05, 3.63) is 15.3 Å². The summed E-state index contributed by atoms with van der Waals surface area (Å²) >= 11 is 18.8. The molecule has 56 valence electrons. The van der Waals surface area contributed by atoms with Crippen molar-refractivity contribution in [2.75, 3.05) is 0 Å². The summed E-state index contributed by atoms with van der Waals surface area (Å²) in [4.78, 5) is 1.17. The summed E-state index contributed by atoms with van der Waals surface area (Å²) < 4.78 is 0.749. The first-order chi connectivity index (χ1) is 4.61. The maximum Gasteiger partial charge on any atom is 0.268 e. The highest BCUT2D eigenvalue weighted by Gasteiger charge is 2.12. The summed E-state index contributed by atoms with van der Waals surface area (Å²) in [5, 5.41) is 0.951. The predicted octanol–water partition coefficient (Wildman–Crippen LogP) is 2.62. The zero-order valence-electron chi connectivity index (χ0n) is 5.20. The van der Waals surface area contributed by atoms with Gasteiger partial charge in [-0.2, -0.15) is 0 Å². The van der Waals surface area contributed by atoms with Crippen LogP contribution < -0.4 is 5.19 Å². The molecule has 1 aromatic rings. The van der Waals surface area contributed by atoms with E-state index in [0.717, 1.165) is 9.52 Å². The van der Waals surface area contributed by atoms with Gasteiger partial charge < -0.3 is 0 Å². The molecule has 0 N–H and O–H groups in total. The first kappa shape index (κ1) is 8.88. The van der Waals surface area contributed by atoms with E-state index in [2.05, 4.69) is 0 Å². The molecule has 0 radical (unpaired) electrons. The first-order valence-corrected chi connectivity index (χ1v) is 7.91. The standard InChI is InChI=1S/C5H5Cl3SSi/c1-3-2-4(10(7)8)5(6)9-3/h2,10H,1H3. The Morgan fingerprint density at radius 2 is 2.10 bits per heavy atom. The molecule has 0 aliphatic heterocycles. The van der Waals surface area contributed by atoms with Crippen LogP contribution in [-0.4, -0.2) is 7.42 Å². The normalized spacial score (nSPS) is 10.9. The van der Waals surface area contributed by atoms with E-state index in [9.17, 15) is 0 Å². The largest absolute Gasteiger partial charge is 0.268 e. The molecule has 1 aromatic heterocycles. The molecule has 0 aliphatic rings. The van der Waals surface area contributed by atoms with Gasteiger partial charge in [-0.3, -0.25) is 0 Å². The molecule has 1 rings (SSSR count). The van der Waals surface area contributed by atoms with E-state index >= 15 is 0 Å². The number of hydrogen-bond donors (Lipinski definition) is 0. The Kier molecular flexibility index (Phi) is 3.07. The zero-order valence-corrected chi connectivity index (χ0v) is 9.44. The molecular weight excluding hydrogens is 227 g/mol. The first-order valence-electron chi connectivity index (χ1n) is 2.65. The van der Waals surface area contributed by atoms with Crippen LogP contribution in [0.5, 0.6) is 0 Å². The highest BCUT2D eigenvalue weighted by Crippen LogP contribution is 2.20. The highest BCUT2D eigenvalue weighted by atomic mass is 35.7. The second-order valence-corrected chi connectivity index (χ2v) is 8.26. The molecule has 10 heavy (non-hydrogen) atoms. The van der Waals surface area contributed by atoms with Crippen molar-refractivity contribution in [1.82, 2.24) is 0 Å². The molecule has 0 aromatic carbocycles. The van der Waals surface area contributed by atoms with Crippen molar-refractivity contribution in [3.63, 3.8) is 0 Å². The predicted molar refractivity (Wildman–Crippen MR) is 52.6 cm³/mol. The fraction of sp³-hybridized carbons (Fsp3) is 0.200. The van der Waals surface area contributed by atoms with E-state index in [0.29, 0.717) is 0 Å². The SMILES string of the molecule is Cc1cc([SiH](Cl)Cl)c(Cl)s1. The average Bonchev–Trinajstić information content (AvgIpc) is 2.10. The molecule has 1 heterocycles. The lowest BCUT2D eigenvalue weighted by Gasteiger charge is -1.92. The lowest BCUT2D eigenvalue weighted by atomic mass is 10.5. The molecule has 0 aliphatic carbocycles. The van der Waals surface area contributed by atoms with Gasteiger partial charge in [0.1, 0.15) is 0 Å². The van der Waals surface area contributed by atoms with Gasteiger partial charge in [0.05, 0.1) is 4.34 Å². The van der Waals surface area contributed by atoms with Crippen LogP contribution in [0.2, 0.25) is 4.34 Å². The van der Waals surface area contributed by atoms with Crippen molar-refractivity contribution in [3.8, 4) is 0 Å². The minimum absolute atomic E-state index is 0.749. The Labute approximate surface area is 79.7 Å². The number of hydrogen-bond acceptors (Lipinski definition) is 1. The van der Waals surface area contributed by atoms with E-state index in [-0.39, 0.29) is 0 Å². The maximum atomic E-state index is 5.82. The topological polar surface area (TPSA) is 0 Å². The van der Waals surface area contributed by atoms with Gasteiger partial charge in [0, 0.05) is 4.88 Å². The highest BCUT2D eigenvalue weighted by molar-refractivity contribution is 7.41. The molecule has 0 spiro atoms. The molecule has 0 saturated heterocycles. The molecule has 0 unspecified atom stereocenters. The second kappa shape index (κ2) is 3.46. The van der Waals surface area contributed by atoms with Crippen molar-refractivity contribution in [1.29, 1.82) is 0 Å². The summed E-state index contributed by atoms with van der Waals surface area (Å²) in [7, 11) is -1.72. The lowest BCUT2D eigenvalue weighted by molar-refractivity contribution is 1.66. The van der Waals surface area contributed by atoms with Crippen LogP contribution >= 0.6 is 45.1 Å². The van der Waals surface area contributed by atoms with Gasteiger partial charge in [0.15, 0.2) is 0 Å². The Morgan fingerprint density at radius 3 is 2.30 bits per heavy atom. The molecule has 5 heteroatoms. The van der Waals surface area contributed by atoms with Crippen molar-refractivity contribution < 1.29 is 0 Å². The quantitative estimate of drug-likeness (QED) is 0.515. The molecular formula is C5H5Cl3SSi. The van der Waals surface area contributed by atoms with Gasteiger partial charge in [-0.1, -0.05) is 11.6 Å². The van der Waals surface area contributed by atoms with Gasteiger partial charge in [0.2, 0.25) is 0 Å². The minimum Gasteiger partial charge on any atom is -0.144 e. The summed E-state index contributed by atoms with van der Waals surface area (Å²) in [5.41, 5.74) is 0. The fourth-order valence-electron chi connectivity index (χ4n) is 0.654. The summed E-state index contributed by atoms with van der Waals surface area (Å²) in [6.45, 7) is 1.99. The van der Waals surface area contributed by atoms with Gasteiger partial charge in [0.25, 0.3) is 7.42 Å². The van der Waals surface area contributed by atoms with Crippen molar-refractivity contribution >= 4 is 57.7 Å². The summed E-state index contributed by atoms with van der Waals surface area (Å²) in [5.74, 6) is 0. The van der Waals surface area contributed by atoms with Crippen LogP contribution in [0.4, 0.5) is 0 Å². The lowest BCUT2D eigenvalue weighted by Crippen LogP contribution is -2.16. The monoisotopic (exact) mass is 230 g/mol. The van der Waals surface area contributed by atoms with E-state index in [1.54, 1.807) is 0 Å². The van der Waals surface area contributed by atoms with Crippen molar-refractivity contribution in [2.24, 2.45) is 0 Å². The molecule has 0 atom stereocenters. The fourth-order valence-corrected chi connectivity index (χ4v) is 5.00. The Bertz CT molecular complexity index is 233. The van der Waals surface area contributed by atoms with Gasteiger partial charge in [-0.25, -0.2) is 0 Å². The number of rotatable bonds is 1. The van der Waals surface area contributed by atoms with E-state index in [1.807, 2.05) is 13.0 Å². The van der Waals surface area contributed by atoms with Crippen molar-refractivity contribution in [2.45, 2.75) is 6.92 Å². The third-order valence-corrected chi connectivity index (χ3v) is 5.10. The molecule has 0 nitrogen and oxygen atoms in total. The third-order valence-electron chi connectivity index (χ3n) is 1.07. The van der Waals surface area contributed by atoms with Gasteiger partial charge in [-0.05, 0) is 18.2 Å². The van der Waals surface area contributed by atoms with E-state index in [4.69, 9.17) is 33.8 Å². The zero-order chi connectivity index (χ0) is 7.72. The van der Waals surface area contributed by atoms with Crippen LogP contribution in [0.3, 0.4) is 0 Å². The maximum absolute atomic E-state index is 5.82. The molecule has 0 fully saturated rings.